The Morgan fingerprint density at radius 2 is 2.06 bits per heavy atom. The number of carbonyl (C=O) groups is 1. The molecule has 0 radical (unpaired) electrons. The van der Waals surface area contributed by atoms with E-state index in [0.717, 1.165) is 6.07 Å². The zero-order valence-corrected chi connectivity index (χ0v) is 11.4. The van der Waals surface area contributed by atoms with E-state index in [1.54, 1.807) is 0 Å². The number of rotatable bonds is 5. The summed E-state index contributed by atoms with van der Waals surface area (Å²) in [6, 6.07) is 3.33. The molecule has 0 heterocycles. The highest BCUT2D eigenvalue weighted by Crippen LogP contribution is 2.19. The molecule has 0 bridgehead atoms. The Kier molecular flexibility index (Phi) is 5.23. The molecular weight excluding hydrogens is 280 g/mol. The first-order chi connectivity index (χ1) is 8.48. The summed E-state index contributed by atoms with van der Waals surface area (Å²) in [5.41, 5.74) is -0.911. The maximum absolute atomic E-state index is 13.5. The van der Waals surface area contributed by atoms with Crippen molar-refractivity contribution in [3.8, 4) is 5.75 Å². The molecule has 6 heteroatoms. The lowest BCUT2D eigenvalue weighted by Crippen LogP contribution is -2.51. The largest absolute Gasteiger partial charge is 0.508 e. The topological polar surface area (TPSA) is 49.3 Å². The lowest BCUT2D eigenvalue weighted by molar-refractivity contribution is 0.0909. The summed E-state index contributed by atoms with van der Waals surface area (Å²) in [5.74, 6) is -1.35. The van der Waals surface area contributed by atoms with Crippen LogP contribution in [0.1, 0.15) is 23.7 Å². The van der Waals surface area contributed by atoms with Gasteiger partial charge in [0.05, 0.1) is 11.1 Å². The lowest BCUT2D eigenvalue weighted by Gasteiger charge is -2.29. The zero-order chi connectivity index (χ0) is 13.8. The maximum Gasteiger partial charge on any atom is 0.254 e. The molecule has 0 fully saturated rings. The average molecular weight is 294 g/mol. The molecule has 0 saturated heterocycles. The molecule has 0 aliphatic heterocycles. The van der Waals surface area contributed by atoms with Crippen molar-refractivity contribution in [2.24, 2.45) is 0 Å². The van der Waals surface area contributed by atoms with Gasteiger partial charge in [0.2, 0.25) is 0 Å². The quantitative estimate of drug-likeness (QED) is 0.820. The Morgan fingerprint density at radius 1 is 1.44 bits per heavy atom. The summed E-state index contributed by atoms with van der Waals surface area (Å²) in [5, 5.41) is 11.7. The van der Waals surface area contributed by atoms with E-state index in [2.05, 4.69) is 5.32 Å². The highest BCUT2D eigenvalue weighted by atomic mass is 35.5. The number of benzene rings is 1. The molecule has 0 spiro atoms. The highest BCUT2D eigenvalue weighted by Gasteiger charge is 2.29. The minimum Gasteiger partial charge on any atom is -0.508 e. The normalized spacial score (nSPS) is 11.3. The summed E-state index contributed by atoms with van der Waals surface area (Å²) in [7, 11) is 0. The minimum absolute atomic E-state index is 0.137. The predicted molar refractivity (Wildman–Crippen MR) is 70.0 cm³/mol. The van der Waals surface area contributed by atoms with Crippen molar-refractivity contribution < 1.29 is 14.3 Å². The van der Waals surface area contributed by atoms with Gasteiger partial charge >= 0.3 is 0 Å². The van der Waals surface area contributed by atoms with Crippen molar-refractivity contribution in [2.75, 3.05) is 11.8 Å². The van der Waals surface area contributed by atoms with Crippen molar-refractivity contribution in [1.29, 1.82) is 0 Å². The third-order valence-corrected chi connectivity index (χ3v) is 3.79. The molecule has 0 saturated carbocycles. The van der Waals surface area contributed by atoms with Crippen LogP contribution < -0.4 is 5.32 Å². The first-order valence-corrected chi connectivity index (χ1v) is 6.48. The summed E-state index contributed by atoms with van der Waals surface area (Å²) in [6.45, 7) is 1.83. The molecule has 100 valence electrons. The van der Waals surface area contributed by atoms with Crippen molar-refractivity contribution in [3.63, 3.8) is 0 Å². The number of aromatic hydroxyl groups is 1. The standard InChI is InChI=1S/C12H14Cl2FNO2/c1-2-12(6-13,7-14)16-11(18)9-4-3-8(17)5-10(9)15/h3-5,17H,2,6-7H2,1H3,(H,16,18). The molecular formula is C12H14Cl2FNO2. The molecule has 0 aliphatic rings. The Labute approximate surface area is 115 Å². The van der Waals surface area contributed by atoms with Crippen molar-refractivity contribution in [1.82, 2.24) is 5.32 Å². The van der Waals surface area contributed by atoms with Crippen LogP contribution in [0.5, 0.6) is 5.75 Å². The number of phenols is 1. The van der Waals surface area contributed by atoms with Crippen LogP contribution in [0.2, 0.25) is 0 Å². The van der Waals surface area contributed by atoms with Crippen LogP contribution in [0, 0.1) is 5.82 Å². The fourth-order valence-electron chi connectivity index (χ4n) is 1.38. The summed E-state index contributed by atoms with van der Waals surface area (Å²) >= 11 is 11.6. The number of nitrogens with one attached hydrogen (secondary N) is 1. The van der Waals surface area contributed by atoms with Crippen LogP contribution in [-0.2, 0) is 0 Å². The molecule has 0 aromatic heterocycles. The van der Waals surface area contributed by atoms with Crippen LogP contribution in [0.25, 0.3) is 0 Å². The molecule has 1 amide bonds. The minimum atomic E-state index is -0.790. The van der Waals surface area contributed by atoms with Crippen LogP contribution >= 0.6 is 23.2 Å². The van der Waals surface area contributed by atoms with Gasteiger partial charge in [-0.3, -0.25) is 4.79 Å². The van der Waals surface area contributed by atoms with Crippen LogP contribution in [0.3, 0.4) is 0 Å². The second-order valence-electron chi connectivity index (χ2n) is 4.02. The summed E-state index contributed by atoms with van der Waals surface area (Å²) < 4.78 is 13.5. The van der Waals surface area contributed by atoms with Gasteiger partial charge < -0.3 is 10.4 Å². The smallest absolute Gasteiger partial charge is 0.254 e. The third-order valence-electron chi connectivity index (χ3n) is 2.76. The van der Waals surface area contributed by atoms with Gasteiger partial charge in [0.15, 0.2) is 0 Å². The average Bonchev–Trinajstić information content (AvgIpc) is 2.36. The van der Waals surface area contributed by atoms with Gasteiger partial charge in [-0.1, -0.05) is 6.92 Å². The SMILES string of the molecule is CCC(CCl)(CCl)NC(=O)c1ccc(O)cc1F. The second-order valence-corrected chi connectivity index (χ2v) is 4.55. The first-order valence-electron chi connectivity index (χ1n) is 5.41. The van der Waals surface area contributed by atoms with E-state index < -0.39 is 17.3 Å². The Morgan fingerprint density at radius 3 is 2.50 bits per heavy atom. The Bertz CT molecular complexity index is 428. The van der Waals surface area contributed by atoms with Crippen molar-refractivity contribution in [3.05, 3.63) is 29.6 Å². The number of phenolic OH excluding ortho intramolecular Hbond substituents is 1. The van der Waals surface area contributed by atoms with Gasteiger partial charge in [-0.25, -0.2) is 4.39 Å². The fraction of sp³-hybridized carbons (Fsp3) is 0.417. The summed E-state index contributed by atoms with van der Waals surface area (Å²) in [4.78, 5) is 11.9. The molecule has 1 aromatic rings. The molecule has 2 N–H and O–H groups in total. The zero-order valence-electron chi connectivity index (χ0n) is 9.84. The van der Waals surface area contributed by atoms with E-state index in [1.807, 2.05) is 6.92 Å². The molecule has 18 heavy (non-hydrogen) atoms. The monoisotopic (exact) mass is 293 g/mol. The molecule has 0 unspecified atom stereocenters. The van der Waals surface area contributed by atoms with E-state index in [1.165, 1.54) is 12.1 Å². The number of carbonyl (C=O) groups excluding carboxylic acids is 1. The lowest BCUT2D eigenvalue weighted by atomic mass is 10.0. The molecule has 0 aliphatic carbocycles. The van der Waals surface area contributed by atoms with E-state index in [-0.39, 0.29) is 23.1 Å². The number of alkyl halides is 2. The summed E-state index contributed by atoms with van der Waals surface area (Å²) in [6.07, 6.45) is 0.533. The van der Waals surface area contributed by atoms with E-state index in [0.29, 0.717) is 6.42 Å². The Hall–Kier alpha value is -1.00. The third kappa shape index (κ3) is 3.27. The maximum atomic E-state index is 13.5. The van der Waals surface area contributed by atoms with E-state index in [4.69, 9.17) is 28.3 Å². The van der Waals surface area contributed by atoms with Gasteiger partial charge in [-0.2, -0.15) is 0 Å². The Balaban J connectivity index is 2.94. The number of amides is 1. The van der Waals surface area contributed by atoms with Gasteiger partial charge in [0.1, 0.15) is 11.6 Å². The first kappa shape index (κ1) is 15.1. The van der Waals surface area contributed by atoms with Crippen molar-refractivity contribution in [2.45, 2.75) is 18.9 Å². The molecule has 0 atom stereocenters. The fourth-order valence-corrected chi connectivity index (χ4v) is 2.17. The van der Waals surface area contributed by atoms with E-state index in [9.17, 15) is 9.18 Å². The van der Waals surface area contributed by atoms with Gasteiger partial charge in [-0.05, 0) is 18.6 Å². The van der Waals surface area contributed by atoms with Crippen LogP contribution in [0.4, 0.5) is 4.39 Å². The predicted octanol–water partition coefficient (Wildman–Crippen LogP) is 2.89. The second kappa shape index (κ2) is 6.25. The van der Waals surface area contributed by atoms with Gasteiger partial charge in [0.25, 0.3) is 5.91 Å². The van der Waals surface area contributed by atoms with E-state index >= 15 is 0 Å². The number of halogens is 3. The molecule has 1 aromatic carbocycles. The molecule has 3 nitrogen and oxygen atoms in total. The molecule has 1 rings (SSSR count). The van der Waals surface area contributed by atoms with Crippen LogP contribution in [0.15, 0.2) is 18.2 Å². The van der Waals surface area contributed by atoms with Gasteiger partial charge in [0, 0.05) is 17.8 Å². The van der Waals surface area contributed by atoms with Crippen molar-refractivity contribution >= 4 is 29.1 Å². The highest BCUT2D eigenvalue weighted by molar-refractivity contribution is 6.22. The number of hydrogen-bond acceptors (Lipinski definition) is 2. The van der Waals surface area contributed by atoms with Gasteiger partial charge in [-0.15, -0.1) is 23.2 Å². The van der Waals surface area contributed by atoms with Crippen LogP contribution in [-0.4, -0.2) is 28.3 Å². The number of hydrogen-bond donors (Lipinski definition) is 2.